The Labute approximate surface area is 195 Å². The molecule has 0 radical (unpaired) electrons. The van der Waals surface area contributed by atoms with Crippen molar-refractivity contribution >= 4 is 33.8 Å². The van der Waals surface area contributed by atoms with Crippen LogP contribution in [0.15, 0.2) is 59.3 Å². The van der Waals surface area contributed by atoms with Crippen LogP contribution in [-0.4, -0.2) is 47.0 Å². The van der Waals surface area contributed by atoms with Crippen molar-refractivity contribution in [1.29, 1.82) is 0 Å². The summed E-state index contributed by atoms with van der Waals surface area (Å²) in [6.07, 6.45) is 2.16. The number of anilines is 1. The highest BCUT2D eigenvalue weighted by molar-refractivity contribution is 6.14. The number of halogens is 3. The number of alkyl halides is 3. The molecule has 1 saturated carbocycles. The van der Waals surface area contributed by atoms with Crippen LogP contribution in [0.2, 0.25) is 0 Å². The first-order valence-corrected chi connectivity index (χ1v) is 11.3. The average Bonchev–Trinajstić information content (AvgIpc) is 3.21. The lowest BCUT2D eigenvalue weighted by atomic mass is 10.2. The zero-order valence-corrected chi connectivity index (χ0v) is 19.2. The molecule has 1 aliphatic carbocycles. The second-order valence-corrected chi connectivity index (χ2v) is 9.17. The third-order valence-corrected chi connectivity index (χ3v) is 6.60. The van der Waals surface area contributed by atoms with Gasteiger partial charge in [-0.15, -0.1) is 0 Å². The maximum absolute atomic E-state index is 13.4. The molecular formula is C25H27F3N6. The van der Waals surface area contributed by atoms with Crippen molar-refractivity contribution in [2.24, 2.45) is 9.98 Å². The summed E-state index contributed by atoms with van der Waals surface area (Å²) in [6, 6.07) is 9.02. The molecule has 2 aliphatic rings. The van der Waals surface area contributed by atoms with Crippen LogP contribution < -0.4 is 10.6 Å². The summed E-state index contributed by atoms with van der Waals surface area (Å²) in [5.41, 5.74) is 4.37. The van der Waals surface area contributed by atoms with Crippen LogP contribution in [0.25, 0.3) is 16.6 Å². The molecule has 3 heterocycles. The molecule has 1 aromatic carbocycles. The first-order valence-electron chi connectivity index (χ1n) is 11.3. The number of aromatic nitrogens is 2. The smallest absolute Gasteiger partial charge is 0.388 e. The third-order valence-electron chi connectivity index (χ3n) is 6.60. The van der Waals surface area contributed by atoms with E-state index in [1.807, 2.05) is 12.1 Å². The van der Waals surface area contributed by atoms with Gasteiger partial charge in [-0.1, -0.05) is 12.6 Å². The number of amidine groups is 1. The van der Waals surface area contributed by atoms with Crippen LogP contribution in [-0.2, 0) is 12.1 Å². The zero-order chi connectivity index (χ0) is 24.1. The van der Waals surface area contributed by atoms with Gasteiger partial charge in [-0.05, 0) is 44.0 Å². The van der Waals surface area contributed by atoms with Crippen LogP contribution in [0.5, 0.6) is 0 Å². The lowest BCUT2D eigenvalue weighted by Gasteiger charge is -2.13. The Bertz CT molecular complexity index is 1320. The van der Waals surface area contributed by atoms with E-state index >= 15 is 0 Å². The fraction of sp³-hybridized carbons (Fsp3) is 0.360. The number of hydrogen-bond donors (Lipinski definition) is 2. The van der Waals surface area contributed by atoms with Crippen molar-refractivity contribution in [1.82, 2.24) is 14.5 Å². The van der Waals surface area contributed by atoms with Gasteiger partial charge in [-0.2, -0.15) is 13.2 Å². The number of fused-ring (bicyclic) bond motifs is 1. The molecule has 178 valence electrons. The number of nitrogens with one attached hydrogen (secondary N) is 2. The van der Waals surface area contributed by atoms with E-state index < -0.39 is 12.7 Å². The number of aliphatic imine (C=N–C) groups is 2. The minimum atomic E-state index is -4.37. The number of benzene rings is 1. The maximum Gasteiger partial charge on any atom is 0.406 e. The molecule has 6 nitrogen and oxygen atoms in total. The van der Waals surface area contributed by atoms with Crippen LogP contribution in [0.3, 0.4) is 0 Å². The van der Waals surface area contributed by atoms with Crippen molar-refractivity contribution in [3.05, 3.63) is 60.6 Å². The van der Waals surface area contributed by atoms with Gasteiger partial charge in [0.25, 0.3) is 0 Å². The standard InChI is InChI=1S/C25H27F3N6/c1-16(17-7-10-33(14-17)24(2)8-9-24)30-12-18-13-31-23(32-18)22-11-19-20(29-3)5-4-6-21(19)34(22)15-25(26,27)28/h4-7,10-11,14,29-30H,1,8-9,12-13,15H2,2-3H3. The van der Waals surface area contributed by atoms with Crippen molar-refractivity contribution in [2.45, 2.75) is 38.0 Å². The molecule has 0 atom stereocenters. The molecule has 9 heteroatoms. The summed E-state index contributed by atoms with van der Waals surface area (Å²) in [6.45, 7) is 6.02. The zero-order valence-electron chi connectivity index (χ0n) is 19.2. The third kappa shape index (κ3) is 4.22. The summed E-state index contributed by atoms with van der Waals surface area (Å²) < 4.78 is 43.6. The van der Waals surface area contributed by atoms with Gasteiger partial charge in [0.15, 0.2) is 5.84 Å². The fourth-order valence-electron chi connectivity index (χ4n) is 4.32. The second kappa shape index (κ2) is 8.07. The van der Waals surface area contributed by atoms with E-state index in [9.17, 15) is 13.2 Å². The van der Waals surface area contributed by atoms with E-state index in [2.05, 4.69) is 51.1 Å². The van der Waals surface area contributed by atoms with Crippen LogP contribution >= 0.6 is 0 Å². The van der Waals surface area contributed by atoms with E-state index in [0.717, 1.165) is 22.7 Å². The van der Waals surface area contributed by atoms with Crippen LogP contribution in [0.1, 0.15) is 31.0 Å². The Morgan fingerprint density at radius 3 is 2.74 bits per heavy atom. The topological polar surface area (TPSA) is 58.6 Å². The van der Waals surface area contributed by atoms with Crippen molar-refractivity contribution < 1.29 is 13.2 Å². The predicted molar refractivity (Wildman–Crippen MR) is 131 cm³/mol. The molecule has 0 saturated heterocycles. The number of nitrogens with zero attached hydrogens (tertiary/aromatic N) is 4. The highest BCUT2D eigenvalue weighted by atomic mass is 19.4. The molecule has 1 aliphatic heterocycles. The Morgan fingerprint density at radius 2 is 2.03 bits per heavy atom. The van der Waals surface area contributed by atoms with Gasteiger partial charge in [0, 0.05) is 47.3 Å². The minimum Gasteiger partial charge on any atom is -0.388 e. The summed E-state index contributed by atoms with van der Waals surface area (Å²) in [5, 5.41) is 7.04. The first-order chi connectivity index (χ1) is 16.2. The van der Waals surface area contributed by atoms with E-state index in [1.54, 1.807) is 25.2 Å². The molecule has 0 spiro atoms. The van der Waals surface area contributed by atoms with E-state index in [4.69, 9.17) is 0 Å². The largest absolute Gasteiger partial charge is 0.406 e. The van der Waals surface area contributed by atoms with Crippen molar-refractivity contribution in [3.8, 4) is 0 Å². The maximum atomic E-state index is 13.4. The monoisotopic (exact) mass is 468 g/mol. The molecule has 5 rings (SSSR count). The molecular weight excluding hydrogens is 441 g/mol. The average molecular weight is 469 g/mol. The van der Waals surface area contributed by atoms with E-state index in [0.29, 0.717) is 35.5 Å². The van der Waals surface area contributed by atoms with Gasteiger partial charge in [0.2, 0.25) is 0 Å². The molecule has 34 heavy (non-hydrogen) atoms. The van der Waals surface area contributed by atoms with Gasteiger partial charge in [0.05, 0.1) is 30.0 Å². The lowest BCUT2D eigenvalue weighted by Crippen LogP contribution is -2.22. The highest BCUT2D eigenvalue weighted by Gasteiger charge is 2.38. The molecule has 3 aromatic rings. The number of rotatable bonds is 8. The molecule has 2 aromatic heterocycles. The Kier molecular flexibility index (Phi) is 5.30. The van der Waals surface area contributed by atoms with E-state index in [-0.39, 0.29) is 5.54 Å². The Morgan fingerprint density at radius 1 is 1.24 bits per heavy atom. The van der Waals surface area contributed by atoms with Gasteiger partial charge in [0.1, 0.15) is 6.54 Å². The molecule has 0 amide bonds. The second-order valence-electron chi connectivity index (χ2n) is 9.17. The van der Waals surface area contributed by atoms with Gasteiger partial charge >= 0.3 is 6.18 Å². The normalized spacial score (nSPS) is 17.0. The molecule has 2 N–H and O–H groups in total. The quantitative estimate of drug-likeness (QED) is 0.488. The van der Waals surface area contributed by atoms with Gasteiger partial charge in [-0.3, -0.25) is 4.99 Å². The fourth-order valence-corrected chi connectivity index (χ4v) is 4.32. The van der Waals surface area contributed by atoms with Gasteiger partial charge in [-0.25, -0.2) is 4.99 Å². The number of hydrogen-bond acceptors (Lipinski definition) is 4. The van der Waals surface area contributed by atoms with Gasteiger partial charge < -0.3 is 19.8 Å². The van der Waals surface area contributed by atoms with E-state index in [1.165, 1.54) is 17.4 Å². The first kappa shape index (κ1) is 22.3. The Hall–Kier alpha value is -3.49. The summed E-state index contributed by atoms with van der Waals surface area (Å²) in [7, 11) is 1.75. The summed E-state index contributed by atoms with van der Waals surface area (Å²) in [5.74, 6) is 0.317. The van der Waals surface area contributed by atoms with Crippen molar-refractivity contribution in [2.75, 3.05) is 25.5 Å². The van der Waals surface area contributed by atoms with Crippen LogP contribution in [0, 0.1) is 0 Å². The summed E-state index contributed by atoms with van der Waals surface area (Å²) >= 11 is 0. The SMILES string of the molecule is C=C(NCC1=NC(c2cc3c(NC)cccc3n2CC(F)(F)F)=NC1)c1ccn(C2(C)CC2)c1. The lowest BCUT2D eigenvalue weighted by molar-refractivity contribution is -0.139. The molecule has 1 fully saturated rings. The summed E-state index contributed by atoms with van der Waals surface area (Å²) in [4.78, 5) is 9.02. The molecule has 0 unspecified atom stereocenters. The predicted octanol–water partition coefficient (Wildman–Crippen LogP) is 5.02. The van der Waals surface area contributed by atoms with Crippen LogP contribution in [0.4, 0.5) is 18.9 Å². The Balaban J connectivity index is 1.35. The highest BCUT2D eigenvalue weighted by Crippen LogP contribution is 2.43. The minimum absolute atomic E-state index is 0.221. The molecule has 0 bridgehead atoms. The van der Waals surface area contributed by atoms with Crippen molar-refractivity contribution in [3.63, 3.8) is 0 Å².